The molecule has 13 heteroatoms. The second-order valence-electron chi connectivity index (χ2n) is 4.40. The second kappa shape index (κ2) is 16.6. The molecule has 0 saturated heterocycles. The normalized spacial score (nSPS) is 9.00. The number of hydrogen-bond acceptors (Lipinski definition) is 5. The Morgan fingerprint density at radius 3 is 1.55 bits per heavy atom. The number of rotatable bonds is 2. The van der Waals surface area contributed by atoms with Gasteiger partial charge in [0.15, 0.2) is 5.98 Å². The summed E-state index contributed by atoms with van der Waals surface area (Å²) in [6, 6.07) is 8.17. The summed E-state index contributed by atoms with van der Waals surface area (Å²) in [6.07, 6.45) is 0. The van der Waals surface area contributed by atoms with Crippen molar-refractivity contribution in [2.75, 3.05) is 14.1 Å². The lowest BCUT2D eigenvalue weighted by molar-refractivity contribution is 0.0693. The maximum absolute atomic E-state index is 11.1. The van der Waals surface area contributed by atoms with Crippen LogP contribution in [0, 0.1) is 0 Å². The number of hydrogen-bond donors (Lipinski definition) is 5. The largest absolute Gasteiger partial charge is 0.507 e. The fraction of sp³-hybridized carbons (Fsp3) is 0.125. The molecule has 6 N–H and O–H groups in total. The summed E-state index contributed by atoms with van der Waals surface area (Å²) >= 11 is 25.7. The number of aromatic hydroxyl groups is 2. The molecule has 2 aromatic rings. The van der Waals surface area contributed by atoms with Crippen LogP contribution in [0.4, 0.5) is 0 Å². The van der Waals surface area contributed by atoms with Crippen molar-refractivity contribution < 1.29 is 24.9 Å². The van der Waals surface area contributed by atoms with Crippen LogP contribution in [-0.4, -0.2) is 41.3 Å². The van der Waals surface area contributed by atoms with Gasteiger partial charge in [-0.25, -0.2) is 4.79 Å². The van der Waals surface area contributed by atoms with Gasteiger partial charge >= 0.3 is 5.97 Å². The molecule has 162 valence electrons. The Morgan fingerprint density at radius 2 is 1.24 bits per heavy atom. The van der Waals surface area contributed by atoms with E-state index in [1.807, 2.05) is 0 Å². The molecule has 0 saturated carbocycles. The fourth-order valence-corrected chi connectivity index (χ4v) is 1.85. The number of phenols is 2. The third-order valence-corrected chi connectivity index (χ3v) is 3.09. The third kappa shape index (κ3) is 13.6. The molecule has 1 amide bonds. The average Bonchev–Trinajstić information content (AvgIpc) is 2.66. The lowest BCUT2D eigenvalue weighted by Gasteiger charge is -2.02. The summed E-state index contributed by atoms with van der Waals surface area (Å²) < 4.78 is 0. The van der Waals surface area contributed by atoms with E-state index in [0.717, 1.165) is 0 Å². The number of aromatic carboxylic acids is 1. The molecule has 7 nitrogen and oxygen atoms in total. The number of carboxylic acid groups (broad SMARTS) is 1. The number of carboxylic acids is 1. The van der Waals surface area contributed by atoms with Crippen molar-refractivity contribution in [3.63, 3.8) is 0 Å². The highest BCUT2D eigenvalue weighted by Gasteiger charge is 2.09. The summed E-state index contributed by atoms with van der Waals surface area (Å²) in [4.78, 5) is 21.4. The molecular weight excluding hydrogens is 508 g/mol. The molecule has 0 aliphatic rings. The molecule has 0 spiro atoms. The molecule has 2 aromatic carbocycles. The zero-order chi connectivity index (χ0) is 23.1. The topological polar surface area (TPSA) is 133 Å². The monoisotopic (exact) mass is 524 g/mol. The molecule has 0 atom stereocenters. The lowest BCUT2D eigenvalue weighted by atomic mass is 10.2. The zero-order valence-corrected chi connectivity index (χ0v) is 19.7. The summed E-state index contributed by atoms with van der Waals surface area (Å²) in [5.41, 5.74) is 4.50. The van der Waals surface area contributed by atoms with E-state index in [9.17, 15) is 14.7 Å². The molecule has 2 rings (SSSR count). The van der Waals surface area contributed by atoms with Crippen molar-refractivity contribution >= 4 is 74.8 Å². The Balaban J connectivity index is 0. The zero-order valence-electron chi connectivity index (χ0n) is 15.0. The van der Waals surface area contributed by atoms with Crippen molar-refractivity contribution in [1.29, 1.82) is 0 Å². The summed E-state index contributed by atoms with van der Waals surface area (Å²) in [7, 11) is 2.99. The Hall–Kier alpha value is -1.18. The van der Waals surface area contributed by atoms with Crippen LogP contribution in [0.15, 0.2) is 36.4 Å². The van der Waals surface area contributed by atoms with Gasteiger partial charge in [0.05, 0.1) is 5.56 Å². The number of benzene rings is 2. The van der Waals surface area contributed by atoms with Crippen molar-refractivity contribution in [2.24, 2.45) is 5.73 Å². The molecule has 29 heavy (non-hydrogen) atoms. The van der Waals surface area contributed by atoms with Crippen LogP contribution < -0.4 is 11.1 Å². The van der Waals surface area contributed by atoms with E-state index in [-0.39, 0.29) is 28.5 Å². The minimum atomic E-state index is -1.20. The number of carbonyl (C=O) groups is 2. The Morgan fingerprint density at radius 1 is 0.897 bits per heavy atom. The van der Waals surface area contributed by atoms with Gasteiger partial charge in [-0.3, -0.25) is 4.79 Å². The first kappa shape index (κ1) is 30.0. The van der Waals surface area contributed by atoms with E-state index < -0.39 is 11.9 Å². The number of phenolic OH excluding ortho intramolecular Hbond substituents is 1. The van der Waals surface area contributed by atoms with E-state index in [0.29, 0.717) is 10.0 Å². The summed E-state index contributed by atoms with van der Waals surface area (Å²) in [5.74, 6) is -3.09. The van der Waals surface area contributed by atoms with E-state index >= 15 is 0 Å². The molecule has 0 fully saturated rings. The molecule has 0 aliphatic carbocycles. The van der Waals surface area contributed by atoms with Crippen molar-refractivity contribution in [2.45, 2.75) is 0 Å². The highest BCUT2D eigenvalue weighted by atomic mass is 36.0. The van der Waals surface area contributed by atoms with Gasteiger partial charge in [-0.05, 0) is 43.4 Å². The first-order valence-corrected chi connectivity index (χ1v) is 12.1. The van der Waals surface area contributed by atoms with Crippen LogP contribution in [-0.2, 0) is 0 Å². The number of carbonyl (C=O) groups excluding carboxylic acids is 1. The SMILES string of the molecule is CN.CNC(=O)c1cc(Cl)ccc1O.ClP(Cl)Cl.O=C(O)c1cc(Cl)ccc1O. The Labute approximate surface area is 193 Å². The fourth-order valence-electron chi connectivity index (χ4n) is 1.50. The van der Waals surface area contributed by atoms with Crippen LogP contribution in [0.5, 0.6) is 11.5 Å². The second-order valence-corrected chi connectivity index (χ2v) is 10.3. The van der Waals surface area contributed by atoms with Gasteiger partial charge in [-0.2, -0.15) is 0 Å². The van der Waals surface area contributed by atoms with Crippen molar-refractivity contribution in [1.82, 2.24) is 5.32 Å². The van der Waals surface area contributed by atoms with Crippen LogP contribution in [0.1, 0.15) is 20.7 Å². The first-order chi connectivity index (χ1) is 13.5. The van der Waals surface area contributed by atoms with Gasteiger partial charge in [0.1, 0.15) is 17.1 Å². The third-order valence-electron chi connectivity index (χ3n) is 2.62. The minimum Gasteiger partial charge on any atom is -0.507 e. The molecule has 0 unspecified atom stereocenters. The van der Waals surface area contributed by atoms with E-state index in [4.69, 9.17) is 67.1 Å². The van der Waals surface area contributed by atoms with Crippen LogP contribution in [0.3, 0.4) is 0 Å². The molecule has 0 aliphatic heterocycles. The highest BCUT2D eigenvalue weighted by Crippen LogP contribution is 2.51. The van der Waals surface area contributed by atoms with Crippen LogP contribution >= 0.6 is 62.9 Å². The quantitative estimate of drug-likeness (QED) is 0.321. The predicted octanol–water partition coefficient (Wildman–Crippen LogP) is 5.65. The summed E-state index contributed by atoms with van der Waals surface area (Å²) in [6.45, 7) is 0. The molecule has 0 bridgehead atoms. The Kier molecular flexibility index (Phi) is 17.2. The first-order valence-electron chi connectivity index (χ1n) is 7.27. The smallest absolute Gasteiger partial charge is 0.339 e. The molecular formula is C16H18Cl5N2O5P. The molecule has 0 radical (unpaired) electrons. The van der Waals surface area contributed by atoms with Gasteiger partial charge in [0.25, 0.3) is 5.91 Å². The highest BCUT2D eigenvalue weighted by molar-refractivity contribution is 8.20. The standard InChI is InChI=1S/C8H8ClNO2.C7H5ClO3.CH5N.Cl3P/c1-10-8(12)6-4-5(9)2-3-7(6)11;8-4-1-2-6(9)5(3-4)7(10)11;1-2;1-4(2)3/h2-4,11H,1H3,(H,10,12);1-3,9H,(H,10,11);2H2,1H3;. The lowest BCUT2D eigenvalue weighted by Crippen LogP contribution is -2.17. The number of nitrogens with two attached hydrogens (primary N) is 1. The molecule has 0 aromatic heterocycles. The van der Waals surface area contributed by atoms with Gasteiger partial charge in [0.2, 0.25) is 0 Å². The van der Waals surface area contributed by atoms with Gasteiger partial charge in [0, 0.05) is 17.1 Å². The van der Waals surface area contributed by atoms with Crippen molar-refractivity contribution in [3.8, 4) is 11.5 Å². The van der Waals surface area contributed by atoms with Crippen LogP contribution in [0.2, 0.25) is 10.0 Å². The summed E-state index contributed by atoms with van der Waals surface area (Å²) in [5, 5.41) is 29.8. The number of amides is 1. The maximum Gasteiger partial charge on any atom is 0.339 e. The van der Waals surface area contributed by atoms with E-state index in [2.05, 4.69) is 11.1 Å². The van der Waals surface area contributed by atoms with Gasteiger partial charge < -0.3 is 26.4 Å². The van der Waals surface area contributed by atoms with Gasteiger partial charge in [-0.1, -0.05) is 56.9 Å². The maximum atomic E-state index is 11.1. The average molecular weight is 527 g/mol. The van der Waals surface area contributed by atoms with E-state index in [1.165, 1.54) is 50.5 Å². The number of nitrogens with one attached hydrogen (secondary N) is 1. The number of halogens is 5. The van der Waals surface area contributed by atoms with Crippen LogP contribution in [0.25, 0.3) is 0 Å². The predicted molar refractivity (Wildman–Crippen MR) is 121 cm³/mol. The van der Waals surface area contributed by atoms with E-state index in [1.54, 1.807) is 0 Å². The molecule has 0 heterocycles. The Bertz CT molecular complexity index is 794. The van der Waals surface area contributed by atoms with Crippen molar-refractivity contribution in [3.05, 3.63) is 57.6 Å². The minimum absolute atomic E-state index is 0.0706. The van der Waals surface area contributed by atoms with Gasteiger partial charge in [-0.15, -0.1) is 0 Å².